The molecule has 2 N–H and O–H groups in total. The van der Waals surface area contributed by atoms with Crippen molar-refractivity contribution in [1.29, 1.82) is 0 Å². The first-order chi connectivity index (χ1) is 14.4. The number of sulfonamides is 1. The van der Waals surface area contributed by atoms with Crippen molar-refractivity contribution in [3.8, 4) is 0 Å². The highest BCUT2D eigenvalue weighted by molar-refractivity contribution is 7.99. The molecule has 6 nitrogen and oxygen atoms in total. The van der Waals surface area contributed by atoms with Gasteiger partial charge in [-0.2, -0.15) is 0 Å². The van der Waals surface area contributed by atoms with E-state index < -0.39 is 15.9 Å². The zero-order chi connectivity index (χ0) is 21.1. The Hall–Kier alpha value is -1.94. The molecule has 2 aliphatic heterocycles. The Bertz CT molecular complexity index is 1040. The molecule has 160 valence electrons. The summed E-state index contributed by atoms with van der Waals surface area (Å²) in [7, 11) is -3.75. The average molecular weight is 451 g/mol. The quantitative estimate of drug-likeness (QED) is 0.706. The van der Waals surface area contributed by atoms with E-state index in [1.807, 2.05) is 0 Å². The first-order valence-corrected chi connectivity index (χ1v) is 12.3. The van der Waals surface area contributed by atoms with Gasteiger partial charge in [0.1, 0.15) is 5.82 Å². The molecule has 1 saturated heterocycles. The van der Waals surface area contributed by atoms with Gasteiger partial charge in [-0.3, -0.25) is 4.79 Å². The topological polar surface area (TPSA) is 84.5 Å². The van der Waals surface area contributed by atoms with E-state index in [-0.39, 0.29) is 35.0 Å². The van der Waals surface area contributed by atoms with Crippen molar-refractivity contribution in [2.75, 3.05) is 18.9 Å². The van der Waals surface area contributed by atoms with Crippen molar-refractivity contribution in [3.63, 3.8) is 0 Å². The number of carbonyl (C=O) groups is 1. The van der Waals surface area contributed by atoms with E-state index in [0.29, 0.717) is 13.0 Å². The minimum atomic E-state index is -3.75. The molecule has 1 amide bonds. The number of carbonyl (C=O) groups excluding carboxylic acids is 1. The zero-order valence-electron chi connectivity index (χ0n) is 16.3. The highest BCUT2D eigenvalue weighted by Crippen LogP contribution is 2.36. The van der Waals surface area contributed by atoms with E-state index in [0.717, 1.165) is 29.1 Å². The maximum absolute atomic E-state index is 13.7. The van der Waals surface area contributed by atoms with Gasteiger partial charge in [0.2, 0.25) is 10.0 Å². The van der Waals surface area contributed by atoms with Crippen LogP contribution in [0.15, 0.2) is 52.3 Å². The average Bonchev–Trinajstić information content (AvgIpc) is 3.27. The van der Waals surface area contributed by atoms with Crippen LogP contribution < -0.4 is 10.0 Å². The fourth-order valence-electron chi connectivity index (χ4n) is 3.65. The van der Waals surface area contributed by atoms with Crippen molar-refractivity contribution in [3.05, 3.63) is 59.4 Å². The van der Waals surface area contributed by atoms with Gasteiger partial charge in [-0.25, -0.2) is 17.5 Å². The number of nitrogens with one attached hydrogen (secondary N) is 2. The van der Waals surface area contributed by atoms with Crippen LogP contribution in [0.3, 0.4) is 0 Å². The molecule has 0 aliphatic carbocycles. The summed E-state index contributed by atoms with van der Waals surface area (Å²) in [4.78, 5) is 13.8. The molecule has 9 heteroatoms. The summed E-state index contributed by atoms with van der Waals surface area (Å²) in [5, 5.41) is 2.92. The van der Waals surface area contributed by atoms with Gasteiger partial charge in [0, 0.05) is 29.4 Å². The monoisotopic (exact) mass is 450 g/mol. The van der Waals surface area contributed by atoms with Crippen LogP contribution in [-0.4, -0.2) is 39.3 Å². The van der Waals surface area contributed by atoms with Crippen LogP contribution in [0, 0.1) is 5.82 Å². The van der Waals surface area contributed by atoms with Crippen LogP contribution in [0.4, 0.5) is 4.39 Å². The number of amides is 1. The van der Waals surface area contributed by atoms with Gasteiger partial charge in [0.25, 0.3) is 5.91 Å². The third kappa shape index (κ3) is 4.85. The third-order valence-corrected chi connectivity index (χ3v) is 7.79. The summed E-state index contributed by atoms with van der Waals surface area (Å²) in [5.74, 6) is 0.0738. The smallest absolute Gasteiger partial charge is 0.251 e. The van der Waals surface area contributed by atoms with Crippen molar-refractivity contribution in [2.45, 2.75) is 41.2 Å². The van der Waals surface area contributed by atoms with Crippen LogP contribution in [0.2, 0.25) is 0 Å². The standard InChI is InChI=1S/C21H23FN2O4S2/c22-15-6-7-20-18(12-15)19(8-10-29-20)24-21(25)14-3-1-5-17(11-14)30(26,27)23-13-16-4-2-9-28-16/h1,3,5-7,11-12,16,19,23H,2,4,8-10,13H2,(H,24,25)/t16-,19-/m0/s1. The highest BCUT2D eigenvalue weighted by Gasteiger charge is 2.25. The molecule has 4 rings (SSSR count). The lowest BCUT2D eigenvalue weighted by Gasteiger charge is -2.26. The fraction of sp³-hybridized carbons (Fsp3) is 0.381. The molecule has 2 heterocycles. The predicted octanol–water partition coefficient (Wildman–Crippen LogP) is 3.25. The van der Waals surface area contributed by atoms with E-state index in [2.05, 4.69) is 10.0 Å². The number of hydrogen-bond acceptors (Lipinski definition) is 5. The molecule has 0 saturated carbocycles. The molecule has 0 radical (unpaired) electrons. The lowest BCUT2D eigenvalue weighted by molar-refractivity contribution is 0.0934. The second-order valence-electron chi connectivity index (χ2n) is 7.36. The molecule has 2 atom stereocenters. The number of halogens is 1. The minimum Gasteiger partial charge on any atom is -0.377 e. The number of benzene rings is 2. The van der Waals surface area contributed by atoms with Crippen LogP contribution in [-0.2, 0) is 14.8 Å². The van der Waals surface area contributed by atoms with E-state index in [4.69, 9.17) is 4.74 Å². The van der Waals surface area contributed by atoms with Crippen molar-refractivity contribution < 1.29 is 22.3 Å². The molecule has 30 heavy (non-hydrogen) atoms. The Morgan fingerprint density at radius 2 is 2.07 bits per heavy atom. The van der Waals surface area contributed by atoms with Crippen molar-refractivity contribution >= 4 is 27.7 Å². The van der Waals surface area contributed by atoms with Crippen LogP contribution >= 0.6 is 11.8 Å². The maximum atomic E-state index is 13.7. The van der Waals surface area contributed by atoms with Gasteiger partial charge in [0.05, 0.1) is 17.0 Å². The molecule has 0 unspecified atom stereocenters. The lowest BCUT2D eigenvalue weighted by Crippen LogP contribution is -2.32. The van der Waals surface area contributed by atoms with Crippen molar-refractivity contribution in [2.24, 2.45) is 0 Å². The summed E-state index contributed by atoms with van der Waals surface area (Å²) in [5.41, 5.74) is 0.993. The van der Waals surface area contributed by atoms with Gasteiger partial charge in [0.15, 0.2) is 0 Å². The second-order valence-corrected chi connectivity index (χ2v) is 10.3. The highest BCUT2D eigenvalue weighted by atomic mass is 32.2. The van der Waals surface area contributed by atoms with Crippen LogP contribution in [0.5, 0.6) is 0 Å². The Kier molecular flexibility index (Phi) is 6.43. The second kappa shape index (κ2) is 9.05. The molecule has 2 aliphatic rings. The van der Waals surface area contributed by atoms with Crippen LogP contribution in [0.25, 0.3) is 0 Å². The van der Waals surface area contributed by atoms with Gasteiger partial charge < -0.3 is 10.1 Å². The lowest BCUT2D eigenvalue weighted by atomic mass is 10.0. The zero-order valence-corrected chi connectivity index (χ0v) is 17.9. The third-order valence-electron chi connectivity index (χ3n) is 5.25. The first-order valence-electron chi connectivity index (χ1n) is 9.87. The number of ether oxygens (including phenoxy) is 1. The number of hydrogen-bond donors (Lipinski definition) is 2. The van der Waals surface area contributed by atoms with E-state index >= 15 is 0 Å². The van der Waals surface area contributed by atoms with E-state index in [1.165, 1.54) is 24.3 Å². The van der Waals surface area contributed by atoms with E-state index in [9.17, 15) is 17.6 Å². The van der Waals surface area contributed by atoms with Gasteiger partial charge >= 0.3 is 0 Å². The Labute approximate surface area is 179 Å². The Morgan fingerprint density at radius 3 is 2.87 bits per heavy atom. The predicted molar refractivity (Wildman–Crippen MR) is 113 cm³/mol. The maximum Gasteiger partial charge on any atom is 0.251 e. The summed E-state index contributed by atoms with van der Waals surface area (Å²) in [6.07, 6.45) is 2.31. The molecule has 0 bridgehead atoms. The van der Waals surface area contributed by atoms with E-state index in [1.54, 1.807) is 30.0 Å². The van der Waals surface area contributed by atoms with Crippen molar-refractivity contribution in [1.82, 2.24) is 10.0 Å². The molecular formula is C21H23FN2O4S2. The summed E-state index contributed by atoms with van der Waals surface area (Å²) in [6.45, 7) is 0.857. The van der Waals surface area contributed by atoms with Crippen LogP contribution in [0.1, 0.15) is 41.2 Å². The number of rotatable bonds is 6. The first kappa shape index (κ1) is 21.3. The summed E-state index contributed by atoms with van der Waals surface area (Å²) >= 11 is 1.63. The molecule has 2 aromatic rings. The minimum absolute atomic E-state index is 0.0267. The molecular weight excluding hydrogens is 427 g/mol. The normalized spacial score (nSPS) is 21.2. The molecule has 0 aromatic heterocycles. The van der Waals surface area contributed by atoms with Gasteiger partial charge in [-0.1, -0.05) is 6.07 Å². The summed E-state index contributed by atoms with van der Waals surface area (Å²) < 4.78 is 46.9. The molecule has 1 fully saturated rings. The fourth-order valence-corrected chi connectivity index (χ4v) is 5.87. The van der Waals surface area contributed by atoms with Gasteiger partial charge in [-0.15, -0.1) is 11.8 Å². The SMILES string of the molecule is O=C(N[C@H]1CCSc2ccc(F)cc21)c1cccc(S(=O)(=O)NC[C@@H]2CCCO2)c1. The largest absolute Gasteiger partial charge is 0.377 e. The number of thioether (sulfide) groups is 1. The Balaban J connectivity index is 1.47. The number of fused-ring (bicyclic) bond motifs is 1. The Morgan fingerprint density at radius 1 is 1.20 bits per heavy atom. The molecule has 2 aromatic carbocycles. The van der Waals surface area contributed by atoms with Gasteiger partial charge in [-0.05, 0) is 61.2 Å². The molecule has 0 spiro atoms. The summed E-state index contributed by atoms with van der Waals surface area (Å²) in [6, 6.07) is 10.2.